The number of rotatable bonds is 3. The van der Waals surface area contributed by atoms with Crippen LogP contribution in [0.2, 0.25) is 0 Å². The standard InChI is InChI=1S/C34H20F3NO/c35-34(36,37)28-13-9-21(10-14-28)22-5-6-24-18-25(8-7-23(24)17-22)27-11-15-31(38-20-27)26-12-16-33-30(19-26)29-3-1-2-4-32(29)39-33/h1-20H. The van der Waals surface area contributed by atoms with Gasteiger partial charge in [0.1, 0.15) is 11.2 Å². The second kappa shape index (κ2) is 8.84. The smallest absolute Gasteiger partial charge is 0.416 e. The molecule has 7 rings (SSSR count). The minimum atomic E-state index is -4.34. The van der Waals surface area contributed by atoms with Gasteiger partial charge in [0.05, 0.1) is 11.3 Å². The van der Waals surface area contributed by atoms with Crippen LogP contribution in [-0.2, 0) is 6.18 Å². The molecular formula is C34H20F3NO. The fourth-order valence-corrected chi connectivity index (χ4v) is 5.08. The molecule has 2 aromatic heterocycles. The van der Waals surface area contributed by atoms with Crippen molar-refractivity contribution in [3.8, 4) is 33.5 Å². The van der Waals surface area contributed by atoms with Crippen molar-refractivity contribution in [1.82, 2.24) is 4.98 Å². The summed E-state index contributed by atoms with van der Waals surface area (Å²) in [6, 6.07) is 35.6. The summed E-state index contributed by atoms with van der Waals surface area (Å²) in [5, 5.41) is 4.22. The minimum Gasteiger partial charge on any atom is -0.456 e. The third-order valence-electron chi connectivity index (χ3n) is 7.16. The topological polar surface area (TPSA) is 26.0 Å². The molecule has 0 fully saturated rings. The Morgan fingerprint density at radius 3 is 1.82 bits per heavy atom. The maximum absolute atomic E-state index is 12.9. The van der Waals surface area contributed by atoms with E-state index in [1.54, 1.807) is 0 Å². The van der Waals surface area contributed by atoms with Crippen LogP contribution in [0, 0.1) is 0 Å². The van der Waals surface area contributed by atoms with E-state index in [0.717, 1.165) is 78.4 Å². The van der Waals surface area contributed by atoms with Crippen LogP contribution in [0.5, 0.6) is 0 Å². The summed E-state index contributed by atoms with van der Waals surface area (Å²) >= 11 is 0. The molecule has 0 saturated heterocycles. The lowest BCUT2D eigenvalue weighted by molar-refractivity contribution is -0.137. The Morgan fingerprint density at radius 1 is 0.513 bits per heavy atom. The van der Waals surface area contributed by atoms with Crippen molar-refractivity contribution >= 4 is 32.7 Å². The van der Waals surface area contributed by atoms with E-state index in [4.69, 9.17) is 9.40 Å². The summed E-state index contributed by atoms with van der Waals surface area (Å²) in [5.41, 5.74) is 6.65. The Balaban J connectivity index is 1.17. The van der Waals surface area contributed by atoms with Gasteiger partial charge in [0.2, 0.25) is 0 Å². The molecule has 0 atom stereocenters. The number of benzene rings is 5. The van der Waals surface area contributed by atoms with Crippen LogP contribution in [-0.4, -0.2) is 4.98 Å². The molecule has 2 nitrogen and oxygen atoms in total. The summed E-state index contributed by atoms with van der Waals surface area (Å²) in [4.78, 5) is 4.74. The molecule has 5 heteroatoms. The predicted octanol–water partition coefficient (Wildman–Crippen LogP) is 10.2. The van der Waals surface area contributed by atoms with Gasteiger partial charge in [-0.1, -0.05) is 60.7 Å². The van der Waals surface area contributed by atoms with E-state index in [9.17, 15) is 13.2 Å². The molecule has 0 spiro atoms. The van der Waals surface area contributed by atoms with E-state index in [2.05, 4.69) is 24.3 Å². The highest BCUT2D eigenvalue weighted by Gasteiger charge is 2.30. The van der Waals surface area contributed by atoms with E-state index in [1.807, 2.05) is 72.9 Å². The average Bonchev–Trinajstić information content (AvgIpc) is 3.34. The van der Waals surface area contributed by atoms with Crippen molar-refractivity contribution in [1.29, 1.82) is 0 Å². The highest BCUT2D eigenvalue weighted by molar-refractivity contribution is 6.06. The Labute approximate surface area is 222 Å². The Bertz CT molecular complexity index is 1990. The first-order valence-corrected chi connectivity index (χ1v) is 12.5. The van der Waals surface area contributed by atoms with Gasteiger partial charge in [0, 0.05) is 28.1 Å². The highest BCUT2D eigenvalue weighted by Crippen LogP contribution is 2.34. The van der Waals surface area contributed by atoms with Gasteiger partial charge in [-0.3, -0.25) is 4.98 Å². The second-order valence-corrected chi connectivity index (χ2v) is 9.59. The lowest BCUT2D eigenvalue weighted by atomic mass is 9.97. The van der Waals surface area contributed by atoms with Crippen molar-refractivity contribution in [2.75, 3.05) is 0 Å². The minimum absolute atomic E-state index is 0.646. The Morgan fingerprint density at radius 2 is 1.13 bits per heavy atom. The van der Waals surface area contributed by atoms with Gasteiger partial charge in [-0.15, -0.1) is 0 Å². The Kier molecular flexibility index (Phi) is 5.27. The van der Waals surface area contributed by atoms with Gasteiger partial charge in [-0.2, -0.15) is 13.2 Å². The number of hydrogen-bond donors (Lipinski definition) is 0. The van der Waals surface area contributed by atoms with Crippen molar-refractivity contribution in [2.45, 2.75) is 6.18 Å². The average molecular weight is 516 g/mol. The zero-order valence-electron chi connectivity index (χ0n) is 20.5. The van der Waals surface area contributed by atoms with Crippen LogP contribution in [0.25, 0.3) is 66.2 Å². The van der Waals surface area contributed by atoms with E-state index in [1.165, 1.54) is 12.1 Å². The number of hydrogen-bond acceptors (Lipinski definition) is 2. The third kappa shape index (κ3) is 4.22. The quantitative estimate of drug-likeness (QED) is 0.234. The molecule has 0 aliphatic heterocycles. The van der Waals surface area contributed by atoms with Crippen molar-refractivity contribution in [3.05, 3.63) is 127 Å². The summed E-state index contributed by atoms with van der Waals surface area (Å²) in [5.74, 6) is 0. The molecule has 0 N–H and O–H groups in total. The molecule has 0 amide bonds. The fourth-order valence-electron chi connectivity index (χ4n) is 5.08. The molecule has 0 aliphatic carbocycles. The largest absolute Gasteiger partial charge is 0.456 e. The lowest BCUT2D eigenvalue weighted by Crippen LogP contribution is -2.03. The van der Waals surface area contributed by atoms with Gasteiger partial charge in [0.25, 0.3) is 0 Å². The molecule has 5 aromatic carbocycles. The van der Waals surface area contributed by atoms with Gasteiger partial charge in [0.15, 0.2) is 0 Å². The van der Waals surface area contributed by atoms with Gasteiger partial charge < -0.3 is 4.42 Å². The first kappa shape index (κ1) is 23.2. The zero-order chi connectivity index (χ0) is 26.6. The first-order valence-electron chi connectivity index (χ1n) is 12.5. The fraction of sp³-hybridized carbons (Fsp3) is 0.0294. The number of halogens is 3. The zero-order valence-corrected chi connectivity index (χ0v) is 20.5. The van der Waals surface area contributed by atoms with Crippen LogP contribution in [0.4, 0.5) is 13.2 Å². The van der Waals surface area contributed by atoms with Crippen LogP contribution < -0.4 is 0 Å². The molecule has 0 bridgehead atoms. The van der Waals surface area contributed by atoms with Crippen LogP contribution in [0.15, 0.2) is 126 Å². The SMILES string of the molecule is FC(F)(F)c1ccc(-c2ccc3cc(-c4ccc(-c5ccc6oc7ccccc7c6c5)nc4)ccc3c2)cc1. The summed E-state index contributed by atoms with van der Waals surface area (Å²) in [6.45, 7) is 0. The molecule has 7 aromatic rings. The number of fused-ring (bicyclic) bond motifs is 4. The molecule has 2 heterocycles. The van der Waals surface area contributed by atoms with Crippen LogP contribution in [0.1, 0.15) is 5.56 Å². The summed E-state index contributed by atoms with van der Waals surface area (Å²) in [6.07, 6.45) is -2.46. The number of furan rings is 1. The Hall–Kier alpha value is -4.90. The molecule has 0 aliphatic rings. The van der Waals surface area contributed by atoms with Gasteiger partial charge in [-0.05, 0) is 82.1 Å². The van der Waals surface area contributed by atoms with Crippen molar-refractivity contribution in [3.63, 3.8) is 0 Å². The van der Waals surface area contributed by atoms with E-state index in [-0.39, 0.29) is 0 Å². The lowest BCUT2D eigenvalue weighted by Gasteiger charge is -2.09. The molecule has 188 valence electrons. The van der Waals surface area contributed by atoms with Gasteiger partial charge >= 0.3 is 6.18 Å². The molecule has 39 heavy (non-hydrogen) atoms. The molecular weight excluding hydrogens is 495 g/mol. The number of pyridine rings is 1. The second-order valence-electron chi connectivity index (χ2n) is 9.59. The van der Waals surface area contributed by atoms with Crippen LogP contribution in [0.3, 0.4) is 0 Å². The molecule has 0 radical (unpaired) electrons. The summed E-state index contributed by atoms with van der Waals surface area (Å²) in [7, 11) is 0. The number of nitrogens with zero attached hydrogens (tertiary/aromatic N) is 1. The van der Waals surface area contributed by atoms with E-state index in [0.29, 0.717) is 0 Å². The number of para-hydroxylation sites is 1. The van der Waals surface area contributed by atoms with Gasteiger partial charge in [-0.25, -0.2) is 0 Å². The monoisotopic (exact) mass is 515 g/mol. The highest BCUT2D eigenvalue weighted by atomic mass is 19.4. The summed E-state index contributed by atoms with van der Waals surface area (Å²) < 4.78 is 44.7. The van der Waals surface area contributed by atoms with E-state index < -0.39 is 11.7 Å². The van der Waals surface area contributed by atoms with Crippen molar-refractivity contribution in [2.24, 2.45) is 0 Å². The van der Waals surface area contributed by atoms with E-state index >= 15 is 0 Å². The molecule has 0 unspecified atom stereocenters. The third-order valence-corrected chi connectivity index (χ3v) is 7.16. The first-order chi connectivity index (χ1) is 18.9. The van der Waals surface area contributed by atoms with Crippen LogP contribution >= 0.6 is 0 Å². The number of alkyl halides is 3. The number of aromatic nitrogens is 1. The predicted molar refractivity (Wildman–Crippen MR) is 150 cm³/mol. The van der Waals surface area contributed by atoms with Crippen molar-refractivity contribution < 1.29 is 17.6 Å². The molecule has 0 saturated carbocycles. The normalized spacial score (nSPS) is 12.0. The maximum Gasteiger partial charge on any atom is 0.416 e. The maximum atomic E-state index is 12.9.